The highest BCUT2D eigenvalue weighted by atomic mass is 16.7. The molecule has 1 aliphatic rings. The van der Waals surface area contributed by atoms with Crippen LogP contribution in [0.4, 0.5) is 0 Å². The van der Waals surface area contributed by atoms with Gasteiger partial charge < -0.3 is 24.8 Å². The van der Waals surface area contributed by atoms with Crippen LogP contribution in [-0.2, 0) is 19.1 Å². The number of carbonyl (C=O) groups is 2. The number of aliphatic hydroxyl groups is 3. The van der Waals surface area contributed by atoms with Gasteiger partial charge in [-0.25, -0.2) is 0 Å². The monoisotopic (exact) mass is 248 g/mol. The first-order chi connectivity index (χ1) is 7.62. The zero-order chi connectivity index (χ0) is 13.4. The second-order valence-corrected chi connectivity index (χ2v) is 4.31. The van der Waals surface area contributed by atoms with E-state index in [9.17, 15) is 24.9 Å². The van der Waals surface area contributed by atoms with Crippen LogP contribution in [0.5, 0.6) is 0 Å². The van der Waals surface area contributed by atoms with E-state index in [1.165, 1.54) is 0 Å². The molecule has 0 amide bonds. The number of ether oxygens (including phenoxy) is 2. The van der Waals surface area contributed by atoms with Gasteiger partial charge in [0, 0.05) is 6.92 Å². The number of Topliss-reactive ketones (excluding diaryl/α,β-unsaturated/α-hetero) is 1. The second-order valence-electron chi connectivity index (χ2n) is 4.31. The molecule has 98 valence electrons. The maximum absolute atomic E-state index is 11.0. The molecule has 1 heterocycles. The molecule has 0 aromatic heterocycles. The van der Waals surface area contributed by atoms with Gasteiger partial charge in [-0.05, 0) is 13.8 Å². The van der Waals surface area contributed by atoms with Crippen molar-refractivity contribution in [1.29, 1.82) is 0 Å². The Hall–Kier alpha value is -1.02. The number of hydrogen-bond donors (Lipinski definition) is 3. The number of ketones is 1. The first-order valence-corrected chi connectivity index (χ1v) is 5.06. The highest BCUT2D eigenvalue weighted by Gasteiger charge is 2.63. The molecule has 0 aliphatic carbocycles. The van der Waals surface area contributed by atoms with Gasteiger partial charge in [-0.3, -0.25) is 9.59 Å². The third-order valence-electron chi connectivity index (χ3n) is 2.82. The minimum atomic E-state index is -2.28. The summed E-state index contributed by atoms with van der Waals surface area (Å²) in [5, 5.41) is 29.6. The van der Waals surface area contributed by atoms with Crippen molar-refractivity contribution in [2.75, 3.05) is 6.61 Å². The molecule has 1 aliphatic heterocycles. The molecular formula is C10H16O7. The van der Waals surface area contributed by atoms with Crippen LogP contribution in [0.25, 0.3) is 0 Å². The summed E-state index contributed by atoms with van der Waals surface area (Å²) in [6, 6.07) is 0. The SMILES string of the molecule is CC(=O)O[C@]1(O)CO[C@H](C(O)C(C)=O)[C@@]1(C)O. The maximum Gasteiger partial charge on any atom is 0.305 e. The van der Waals surface area contributed by atoms with Gasteiger partial charge >= 0.3 is 5.97 Å². The van der Waals surface area contributed by atoms with Crippen LogP contribution < -0.4 is 0 Å². The van der Waals surface area contributed by atoms with Crippen LogP contribution in [0.1, 0.15) is 20.8 Å². The Morgan fingerprint density at radius 2 is 1.94 bits per heavy atom. The summed E-state index contributed by atoms with van der Waals surface area (Å²) in [6.07, 6.45) is -2.96. The first kappa shape index (κ1) is 14.0. The van der Waals surface area contributed by atoms with Crippen LogP contribution in [0.15, 0.2) is 0 Å². The quantitative estimate of drug-likeness (QED) is 0.404. The maximum atomic E-state index is 11.0. The van der Waals surface area contributed by atoms with E-state index in [1.807, 2.05) is 0 Å². The Kier molecular flexibility index (Phi) is 3.58. The standard InChI is InChI=1S/C10H16O7/c1-5(11)7(13)8-9(3,14)10(15,4-16-8)17-6(2)12/h7-8,13-15H,4H2,1-3H3/t7?,8-,9-,10-/m1/s1. The third-order valence-corrected chi connectivity index (χ3v) is 2.82. The predicted molar refractivity (Wildman–Crippen MR) is 53.8 cm³/mol. The van der Waals surface area contributed by atoms with E-state index < -0.39 is 42.0 Å². The average Bonchev–Trinajstić information content (AvgIpc) is 2.36. The molecule has 7 nitrogen and oxygen atoms in total. The Morgan fingerprint density at radius 1 is 1.41 bits per heavy atom. The van der Waals surface area contributed by atoms with Crippen molar-refractivity contribution in [3.63, 3.8) is 0 Å². The molecule has 3 N–H and O–H groups in total. The lowest BCUT2D eigenvalue weighted by atomic mass is 9.88. The van der Waals surface area contributed by atoms with E-state index in [4.69, 9.17) is 4.74 Å². The molecule has 7 heteroatoms. The summed E-state index contributed by atoms with van der Waals surface area (Å²) in [6.45, 7) is 2.78. The van der Waals surface area contributed by atoms with Crippen LogP contribution in [0.2, 0.25) is 0 Å². The van der Waals surface area contributed by atoms with Crippen LogP contribution in [-0.4, -0.2) is 57.3 Å². The van der Waals surface area contributed by atoms with Crippen molar-refractivity contribution in [2.45, 2.75) is 44.4 Å². The van der Waals surface area contributed by atoms with E-state index in [1.54, 1.807) is 0 Å². The molecule has 0 aromatic carbocycles. The van der Waals surface area contributed by atoms with Gasteiger partial charge in [0.05, 0.1) is 0 Å². The van der Waals surface area contributed by atoms with Crippen molar-refractivity contribution < 1.29 is 34.4 Å². The summed E-state index contributed by atoms with van der Waals surface area (Å²) in [5.41, 5.74) is -2.08. The zero-order valence-electron chi connectivity index (χ0n) is 9.84. The molecular weight excluding hydrogens is 232 g/mol. The first-order valence-electron chi connectivity index (χ1n) is 5.06. The van der Waals surface area contributed by atoms with Gasteiger partial charge in [-0.2, -0.15) is 0 Å². The van der Waals surface area contributed by atoms with Crippen molar-refractivity contribution >= 4 is 11.8 Å². The molecule has 0 aromatic rings. The number of hydrogen-bond acceptors (Lipinski definition) is 7. The summed E-state index contributed by atoms with van der Waals surface area (Å²) >= 11 is 0. The van der Waals surface area contributed by atoms with Gasteiger partial charge in [-0.1, -0.05) is 0 Å². The van der Waals surface area contributed by atoms with Crippen LogP contribution >= 0.6 is 0 Å². The van der Waals surface area contributed by atoms with Gasteiger partial charge in [0.2, 0.25) is 0 Å². The number of aliphatic hydroxyl groups excluding tert-OH is 1. The molecule has 17 heavy (non-hydrogen) atoms. The number of rotatable bonds is 3. The Balaban J connectivity index is 2.96. The third kappa shape index (κ3) is 2.32. The molecule has 0 spiro atoms. The molecule has 1 saturated heterocycles. The summed E-state index contributed by atoms with van der Waals surface area (Å²) in [5.74, 6) is -3.71. The van der Waals surface area contributed by atoms with Crippen LogP contribution in [0, 0.1) is 0 Å². The van der Waals surface area contributed by atoms with E-state index in [0.29, 0.717) is 0 Å². The molecule has 1 rings (SSSR count). The summed E-state index contributed by atoms with van der Waals surface area (Å²) in [7, 11) is 0. The molecule has 0 bridgehead atoms. The predicted octanol–water partition coefficient (Wildman–Crippen LogP) is -1.66. The Labute approximate surface area is 98.0 Å². The smallest absolute Gasteiger partial charge is 0.305 e. The summed E-state index contributed by atoms with van der Waals surface area (Å²) in [4.78, 5) is 21.8. The fourth-order valence-corrected chi connectivity index (χ4v) is 1.72. The van der Waals surface area contributed by atoms with Crippen molar-refractivity contribution in [3.05, 3.63) is 0 Å². The molecule has 1 fully saturated rings. The fraction of sp³-hybridized carbons (Fsp3) is 0.800. The Morgan fingerprint density at radius 3 is 2.35 bits per heavy atom. The highest BCUT2D eigenvalue weighted by molar-refractivity contribution is 5.81. The minimum absolute atomic E-state index is 0.519. The number of carbonyl (C=O) groups excluding carboxylic acids is 2. The lowest BCUT2D eigenvalue weighted by Gasteiger charge is -2.35. The summed E-state index contributed by atoms with van der Waals surface area (Å²) < 4.78 is 9.55. The molecule has 0 saturated carbocycles. The highest BCUT2D eigenvalue weighted by Crippen LogP contribution is 2.37. The van der Waals surface area contributed by atoms with Gasteiger partial charge in [-0.15, -0.1) is 0 Å². The largest absolute Gasteiger partial charge is 0.428 e. The Bertz CT molecular complexity index is 338. The molecule has 0 radical (unpaired) electrons. The second kappa shape index (κ2) is 4.34. The minimum Gasteiger partial charge on any atom is -0.428 e. The van der Waals surface area contributed by atoms with Crippen molar-refractivity contribution in [3.8, 4) is 0 Å². The lowest BCUT2D eigenvalue weighted by Crippen LogP contribution is -2.60. The average molecular weight is 248 g/mol. The fourth-order valence-electron chi connectivity index (χ4n) is 1.72. The van der Waals surface area contributed by atoms with Gasteiger partial charge in [0.15, 0.2) is 11.4 Å². The number of esters is 1. The van der Waals surface area contributed by atoms with Crippen molar-refractivity contribution in [2.24, 2.45) is 0 Å². The normalized spacial score (nSPS) is 38.8. The topological polar surface area (TPSA) is 113 Å². The van der Waals surface area contributed by atoms with E-state index in [-0.39, 0.29) is 0 Å². The van der Waals surface area contributed by atoms with E-state index in [2.05, 4.69) is 4.74 Å². The lowest BCUT2D eigenvalue weighted by molar-refractivity contribution is -0.264. The molecule has 4 atom stereocenters. The molecule has 1 unspecified atom stereocenters. The van der Waals surface area contributed by atoms with Crippen LogP contribution in [0.3, 0.4) is 0 Å². The van der Waals surface area contributed by atoms with Crippen molar-refractivity contribution in [1.82, 2.24) is 0 Å². The van der Waals surface area contributed by atoms with E-state index >= 15 is 0 Å². The zero-order valence-corrected chi connectivity index (χ0v) is 9.84. The van der Waals surface area contributed by atoms with Gasteiger partial charge in [0.25, 0.3) is 5.79 Å². The van der Waals surface area contributed by atoms with Gasteiger partial charge in [0.1, 0.15) is 18.8 Å². The van der Waals surface area contributed by atoms with E-state index in [0.717, 1.165) is 20.8 Å².